The molecule has 6 nitrogen and oxygen atoms in total. The van der Waals surface area contributed by atoms with E-state index in [1.807, 2.05) is 50.2 Å². The van der Waals surface area contributed by atoms with Crippen LogP contribution in [0.15, 0.2) is 58.0 Å². The van der Waals surface area contributed by atoms with E-state index in [2.05, 4.69) is 10.1 Å². The quantitative estimate of drug-likeness (QED) is 0.713. The fraction of sp³-hybridized carbons (Fsp3) is 0.263. The second-order valence-electron chi connectivity index (χ2n) is 5.87. The lowest BCUT2D eigenvalue weighted by Gasteiger charge is -2.10. The molecule has 1 N–H and O–H groups in total. The van der Waals surface area contributed by atoms with E-state index in [-0.39, 0.29) is 11.7 Å². The Kier molecular flexibility index (Phi) is 5.18. The molecule has 0 saturated carbocycles. The van der Waals surface area contributed by atoms with Crippen LogP contribution in [0.25, 0.3) is 11.3 Å². The number of H-pyrrole nitrogens is 1. The molecule has 6 heteroatoms. The maximum Gasteiger partial charge on any atom is 0.280 e. The first-order chi connectivity index (χ1) is 12.1. The summed E-state index contributed by atoms with van der Waals surface area (Å²) in [6, 6.07) is 12.7. The van der Waals surface area contributed by atoms with E-state index < -0.39 is 0 Å². The smallest absolute Gasteiger partial charge is 0.280 e. The van der Waals surface area contributed by atoms with E-state index in [0.717, 1.165) is 23.3 Å². The first-order valence-corrected chi connectivity index (χ1v) is 8.13. The van der Waals surface area contributed by atoms with Crippen molar-refractivity contribution in [2.45, 2.75) is 26.4 Å². The Bertz CT molecular complexity index is 865. The van der Waals surface area contributed by atoms with Crippen molar-refractivity contribution >= 4 is 0 Å². The van der Waals surface area contributed by atoms with Crippen molar-refractivity contribution in [1.82, 2.24) is 10.1 Å². The summed E-state index contributed by atoms with van der Waals surface area (Å²) in [5.74, 6) is 1.89. The van der Waals surface area contributed by atoms with Gasteiger partial charge < -0.3 is 14.0 Å². The number of nitrogens with one attached hydrogen (secondary N) is 1. The van der Waals surface area contributed by atoms with Crippen molar-refractivity contribution in [1.29, 1.82) is 0 Å². The average Bonchev–Trinajstić information content (AvgIpc) is 3.02. The van der Waals surface area contributed by atoms with E-state index in [4.69, 9.17) is 14.0 Å². The highest BCUT2D eigenvalue weighted by Crippen LogP contribution is 2.21. The van der Waals surface area contributed by atoms with Crippen LogP contribution >= 0.6 is 0 Å². The summed E-state index contributed by atoms with van der Waals surface area (Å²) in [5.41, 5.74) is 1.67. The molecule has 0 aliphatic heterocycles. The molecule has 0 saturated heterocycles. The topological polar surface area (TPSA) is 77.4 Å². The standard InChI is InChI=1S/C19H20N2O4/c1-13(2)24-19-11-14(7-9-20-19)8-10-23-16-5-3-15(4-6-16)17-12-18(22)21-25-17/h3-7,9,11-13H,8,10H2,1-2H3,(H,21,22). The van der Waals surface area contributed by atoms with Gasteiger partial charge in [0.2, 0.25) is 5.88 Å². The summed E-state index contributed by atoms with van der Waals surface area (Å²) in [5, 5.41) is 2.27. The number of hydrogen-bond acceptors (Lipinski definition) is 5. The molecule has 0 fully saturated rings. The summed E-state index contributed by atoms with van der Waals surface area (Å²) < 4.78 is 16.4. The molecule has 3 aromatic rings. The van der Waals surface area contributed by atoms with Crippen LogP contribution < -0.4 is 15.0 Å². The molecule has 2 heterocycles. The van der Waals surface area contributed by atoms with Gasteiger partial charge in [-0.05, 0) is 49.7 Å². The van der Waals surface area contributed by atoms with Gasteiger partial charge in [-0.25, -0.2) is 4.98 Å². The van der Waals surface area contributed by atoms with Gasteiger partial charge in [-0.15, -0.1) is 0 Å². The molecule has 0 amide bonds. The van der Waals surface area contributed by atoms with Crippen molar-refractivity contribution in [2.75, 3.05) is 6.61 Å². The van der Waals surface area contributed by atoms with Gasteiger partial charge >= 0.3 is 0 Å². The lowest BCUT2D eigenvalue weighted by atomic mass is 10.1. The number of pyridine rings is 1. The zero-order valence-electron chi connectivity index (χ0n) is 14.2. The molecule has 0 aliphatic carbocycles. The highest BCUT2D eigenvalue weighted by atomic mass is 16.5. The number of nitrogens with zero attached hydrogens (tertiary/aromatic N) is 1. The Morgan fingerprint density at radius 1 is 1.16 bits per heavy atom. The summed E-state index contributed by atoms with van der Waals surface area (Å²) in [7, 11) is 0. The second kappa shape index (κ2) is 7.70. The zero-order valence-corrected chi connectivity index (χ0v) is 14.2. The third-order valence-corrected chi connectivity index (χ3v) is 3.48. The Balaban J connectivity index is 1.54. The molecular weight excluding hydrogens is 320 g/mol. The summed E-state index contributed by atoms with van der Waals surface area (Å²) in [6.45, 7) is 4.49. The van der Waals surface area contributed by atoms with Crippen LogP contribution in [0.2, 0.25) is 0 Å². The zero-order chi connectivity index (χ0) is 17.6. The molecule has 3 rings (SSSR count). The third-order valence-electron chi connectivity index (χ3n) is 3.48. The van der Waals surface area contributed by atoms with E-state index >= 15 is 0 Å². The van der Waals surface area contributed by atoms with E-state index in [0.29, 0.717) is 18.2 Å². The Hall–Kier alpha value is -3.02. The van der Waals surface area contributed by atoms with Crippen LogP contribution in [-0.4, -0.2) is 22.9 Å². The van der Waals surface area contributed by atoms with Gasteiger partial charge in [0, 0.05) is 24.2 Å². The van der Waals surface area contributed by atoms with Crippen LogP contribution in [-0.2, 0) is 6.42 Å². The Labute approximate surface area is 145 Å². The Morgan fingerprint density at radius 2 is 1.96 bits per heavy atom. The normalized spacial score (nSPS) is 10.8. The molecule has 0 unspecified atom stereocenters. The minimum Gasteiger partial charge on any atom is -0.493 e. The van der Waals surface area contributed by atoms with Gasteiger partial charge in [0.05, 0.1) is 18.8 Å². The average molecular weight is 340 g/mol. The second-order valence-corrected chi connectivity index (χ2v) is 5.87. The number of aromatic nitrogens is 2. The highest BCUT2D eigenvalue weighted by molar-refractivity contribution is 5.57. The van der Waals surface area contributed by atoms with Gasteiger partial charge in [0.1, 0.15) is 5.75 Å². The SMILES string of the molecule is CC(C)Oc1cc(CCOc2ccc(-c3cc(=O)[nH]o3)cc2)ccn1. The van der Waals surface area contributed by atoms with Crippen LogP contribution in [0, 0.1) is 0 Å². The molecule has 0 aliphatic rings. The van der Waals surface area contributed by atoms with E-state index in [1.165, 1.54) is 6.07 Å². The number of hydrogen-bond donors (Lipinski definition) is 1. The molecule has 0 atom stereocenters. The largest absolute Gasteiger partial charge is 0.493 e. The maximum atomic E-state index is 11.1. The molecule has 25 heavy (non-hydrogen) atoms. The lowest BCUT2D eigenvalue weighted by Crippen LogP contribution is -2.07. The van der Waals surface area contributed by atoms with Crippen LogP contribution in [0.3, 0.4) is 0 Å². The van der Waals surface area contributed by atoms with Gasteiger partial charge in [0.15, 0.2) is 5.76 Å². The fourth-order valence-electron chi connectivity index (χ4n) is 2.34. The van der Waals surface area contributed by atoms with Crippen molar-refractivity contribution in [2.24, 2.45) is 0 Å². The summed E-state index contributed by atoms with van der Waals surface area (Å²) in [6.07, 6.45) is 2.60. The van der Waals surface area contributed by atoms with Crippen molar-refractivity contribution in [3.05, 3.63) is 64.6 Å². The number of aromatic amines is 1. The lowest BCUT2D eigenvalue weighted by molar-refractivity contribution is 0.232. The minimum atomic E-state index is -0.256. The molecule has 130 valence electrons. The third kappa shape index (κ3) is 4.73. The molecule has 2 aromatic heterocycles. The summed E-state index contributed by atoms with van der Waals surface area (Å²) >= 11 is 0. The van der Waals surface area contributed by atoms with Crippen LogP contribution in [0.1, 0.15) is 19.4 Å². The monoisotopic (exact) mass is 340 g/mol. The first-order valence-electron chi connectivity index (χ1n) is 8.13. The molecule has 0 radical (unpaired) electrons. The minimum absolute atomic E-state index is 0.0990. The molecule has 1 aromatic carbocycles. The fourth-order valence-corrected chi connectivity index (χ4v) is 2.34. The van der Waals surface area contributed by atoms with E-state index in [9.17, 15) is 4.79 Å². The van der Waals surface area contributed by atoms with Gasteiger partial charge in [0.25, 0.3) is 5.56 Å². The number of benzene rings is 1. The molecule has 0 spiro atoms. The first kappa shape index (κ1) is 16.8. The van der Waals surface area contributed by atoms with Gasteiger partial charge in [-0.2, -0.15) is 5.16 Å². The van der Waals surface area contributed by atoms with Crippen molar-refractivity contribution in [3.63, 3.8) is 0 Å². The highest BCUT2D eigenvalue weighted by Gasteiger charge is 2.05. The van der Waals surface area contributed by atoms with E-state index in [1.54, 1.807) is 6.20 Å². The predicted molar refractivity (Wildman–Crippen MR) is 94.0 cm³/mol. The maximum absolute atomic E-state index is 11.1. The predicted octanol–water partition coefficient (Wildman–Crippen LogP) is 3.44. The molecule has 0 bridgehead atoms. The van der Waals surface area contributed by atoms with Crippen molar-refractivity contribution in [3.8, 4) is 23.0 Å². The number of ether oxygens (including phenoxy) is 2. The van der Waals surface area contributed by atoms with Crippen LogP contribution in [0.4, 0.5) is 0 Å². The van der Waals surface area contributed by atoms with Crippen LogP contribution in [0.5, 0.6) is 11.6 Å². The molecular formula is C19H20N2O4. The number of rotatable bonds is 7. The van der Waals surface area contributed by atoms with Gasteiger partial charge in [-0.1, -0.05) is 0 Å². The Morgan fingerprint density at radius 3 is 2.64 bits per heavy atom. The summed E-state index contributed by atoms with van der Waals surface area (Å²) in [4.78, 5) is 15.3. The van der Waals surface area contributed by atoms with Crippen molar-refractivity contribution < 1.29 is 14.0 Å². The van der Waals surface area contributed by atoms with Gasteiger partial charge in [-0.3, -0.25) is 4.79 Å².